The van der Waals surface area contributed by atoms with Gasteiger partial charge in [-0.2, -0.15) is 0 Å². The second-order valence-electron chi connectivity index (χ2n) is 6.12. The summed E-state index contributed by atoms with van der Waals surface area (Å²) in [6, 6.07) is 27.9. The van der Waals surface area contributed by atoms with Crippen LogP contribution in [0.15, 0.2) is 96.3 Å². The van der Waals surface area contributed by atoms with Crippen molar-refractivity contribution in [3.05, 3.63) is 96.7 Å². The molecule has 0 aliphatic heterocycles. The second-order valence-corrected chi connectivity index (χ2v) is 7.09. The summed E-state index contributed by atoms with van der Waals surface area (Å²) < 4.78 is 0. The summed E-state index contributed by atoms with van der Waals surface area (Å²) in [7, 11) is 0. The molecule has 0 aliphatic carbocycles. The van der Waals surface area contributed by atoms with Crippen molar-refractivity contribution in [3.63, 3.8) is 0 Å². The average Bonchev–Trinajstić information content (AvgIpc) is 3.22. The Hall–Kier alpha value is -3.11. The third-order valence-corrected chi connectivity index (χ3v) is 5.18. The van der Waals surface area contributed by atoms with Crippen LogP contribution in [0, 0.1) is 0 Å². The second kappa shape index (κ2) is 8.06. The van der Waals surface area contributed by atoms with Gasteiger partial charge in [-0.05, 0) is 16.7 Å². The van der Waals surface area contributed by atoms with Crippen LogP contribution in [-0.4, -0.2) is 21.5 Å². The van der Waals surface area contributed by atoms with Crippen LogP contribution in [0.5, 0.6) is 0 Å². The van der Waals surface area contributed by atoms with Crippen molar-refractivity contribution in [2.24, 2.45) is 0 Å². The highest BCUT2D eigenvalue weighted by atomic mass is 32.2. The summed E-state index contributed by atoms with van der Waals surface area (Å²) in [5, 5.41) is 0.753. The van der Waals surface area contributed by atoms with Crippen LogP contribution >= 0.6 is 11.8 Å². The first-order valence-corrected chi connectivity index (χ1v) is 9.70. The minimum absolute atomic E-state index is 0.0947. The van der Waals surface area contributed by atoms with E-state index < -0.39 is 0 Å². The molecule has 1 heterocycles. The number of nitrogens with one attached hydrogen (secondary N) is 1. The van der Waals surface area contributed by atoms with Gasteiger partial charge < -0.3 is 4.98 Å². The van der Waals surface area contributed by atoms with Crippen LogP contribution in [0.4, 0.5) is 0 Å². The zero-order valence-electron chi connectivity index (χ0n) is 14.6. The van der Waals surface area contributed by atoms with E-state index in [9.17, 15) is 4.79 Å². The molecule has 0 atom stereocenters. The standard InChI is InChI=1S/C23H18N2OS/c26-22(20-13-11-18(12-14-20)17-7-3-1-4-8-17)16-27-23-24-15-21(25-23)19-9-5-2-6-10-19/h1-15H,16H2,(H,24,25). The summed E-state index contributed by atoms with van der Waals surface area (Å²) in [5.41, 5.74) is 5.02. The number of aromatic amines is 1. The normalized spacial score (nSPS) is 10.7. The van der Waals surface area contributed by atoms with E-state index in [1.165, 1.54) is 11.8 Å². The zero-order valence-corrected chi connectivity index (χ0v) is 15.4. The lowest BCUT2D eigenvalue weighted by molar-refractivity contribution is 0.102. The summed E-state index contributed by atoms with van der Waals surface area (Å²) in [6.45, 7) is 0. The molecule has 0 radical (unpaired) electrons. The number of ketones is 1. The maximum atomic E-state index is 12.5. The van der Waals surface area contributed by atoms with Crippen LogP contribution in [-0.2, 0) is 0 Å². The molecule has 0 bridgehead atoms. The van der Waals surface area contributed by atoms with Crippen molar-refractivity contribution in [1.29, 1.82) is 0 Å². The lowest BCUT2D eigenvalue weighted by Crippen LogP contribution is -2.02. The first kappa shape index (κ1) is 17.3. The zero-order chi connectivity index (χ0) is 18.5. The molecule has 0 saturated heterocycles. The topological polar surface area (TPSA) is 45.8 Å². The van der Waals surface area contributed by atoms with Crippen molar-refractivity contribution >= 4 is 17.5 Å². The van der Waals surface area contributed by atoms with Crippen LogP contribution in [0.2, 0.25) is 0 Å². The smallest absolute Gasteiger partial charge is 0.173 e. The number of benzene rings is 3. The van der Waals surface area contributed by atoms with Crippen molar-refractivity contribution in [1.82, 2.24) is 9.97 Å². The van der Waals surface area contributed by atoms with Crippen LogP contribution < -0.4 is 0 Å². The predicted molar refractivity (Wildman–Crippen MR) is 111 cm³/mol. The highest BCUT2D eigenvalue weighted by Crippen LogP contribution is 2.23. The van der Waals surface area contributed by atoms with Gasteiger partial charge in [-0.25, -0.2) is 4.98 Å². The van der Waals surface area contributed by atoms with Crippen molar-refractivity contribution < 1.29 is 4.79 Å². The number of aromatic nitrogens is 2. The fraction of sp³-hybridized carbons (Fsp3) is 0.0435. The number of carbonyl (C=O) groups is 1. The number of thioether (sulfide) groups is 1. The Kier molecular flexibility index (Phi) is 5.17. The molecule has 1 aromatic heterocycles. The Morgan fingerprint density at radius 2 is 1.37 bits per heavy atom. The molecule has 27 heavy (non-hydrogen) atoms. The molecular formula is C23H18N2OS. The van der Waals surface area contributed by atoms with Gasteiger partial charge in [-0.15, -0.1) is 0 Å². The van der Waals surface area contributed by atoms with E-state index in [-0.39, 0.29) is 5.78 Å². The molecular weight excluding hydrogens is 352 g/mol. The largest absolute Gasteiger partial charge is 0.333 e. The molecule has 4 aromatic rings. The van der Waals surface area contributed by atoms with Crippen LogP contribution in [0.1, 0.15) is 10.4 Å². The monoisotopic (exact) mass is 370 g/mol. The number of carbonyl (C=O) groups excluding carboxylic acids is 1. The van der Waals surface area contributed by atoms with Crippen LogP contribution in [0.25, 0.3) is 22.4 Å². The summed E-state index contributed by atoms with van der Waals surface area (Å²) in [6.07, 6.45) is 1.80. The lowest BCUT2D eigenvalue weighted by Gasteiger charge is -2.04. The molecule has 3 aromatic carbocycles. The molecule has 0 amide bonds. The van der Waals surface area contributed by atoms with Crippen LogP contribution in [0.3, 0.4) is 0 Å². The molecule has 0 saturated carbocycles. The minimum atomic E-state index is 0.0947. The van der Waals surface area contributed by atoms with Gasteiger partial charge in [0.2, 0.25) is 0 Å². The number of hydrogen-bond acceptors (Lipinski definition) is 3. The number of imidazole rings is 1. The number of Topliss-reactive ketones (excluding diaryl/α,β-unsaturated/α-hetero) is 1. The van der Waals surface area contributed by atoms with E-state index in [1.807, 2.05) is 72.8 Å². The fourth-order valence-corrected chi connectivity index (χ4v) is 3.58. The number of hydrogen-bond donors (Lipinski definition) is 1. The predicted octanol–water partition coefficient (Wildman–Crippen LogP) is 5.72. The van der Waals surface area contributed by atoms with Gasteiger partial charge in [0.15, 0.2) is 10.9 Å². The van der Waals surface area contributed by atoms with E-state index in [4.69, 9.17) is 0 Å². The van der Waals surface area contributed by atoms with Gasteiger partial charge >= 0.3 is 0 Å². The Morgan fingerprint density at radius 3 is 2.04 bits per heavy atom. The average molecular weight is 370 g/mol. The molecule has 3 nitrogen and oxygen atoms in total. The molecule has 0 aliphatic rings. The lowest BCUT2D eigenvalue weighted by atomic mass is 10.0. The third-order valence-electron chi connectivity index (χ3n) is 4.29. The SMILES string of the molecule is O=C(CSc1ncc(-c2ccccc2)[nH]1)c1ccc(-c2ccccc2)cc1. The molecule has 1 N–H and O–H groups in total. The molecule has 4 heteroatoms. The molecule has 0 unspecified atom stereocenters. The number of rotatable bonds is 6. The first-order valence-electron chi connectivity index (χ1n) is 8.71. The van der Waals surface area contributed by atoms with E-state index in [2.05, 4.69) is 22.1 Å². The summed E-state index contributed by atoms with van der Waals surface area (Å²) >= 11 is 1.42. The molecule has 0 spiro atoms. The number of H-pyrrole nitrogens is 1. The van der Waals surface area contributed by atoms with Gasteiger partial charge in [0.05, 0.1) is 17.6 Å². The van der Waals surface area contributed by atoms with E-state index >= 15 is 0 Å². The molecule has 0 fully saturated rings. The molecule has 132 valence electrons. The Morgan fingerprint density at radius 1 is 0.778 bits per heavy atom. The maximum absolute atomic E-state index is 12.5. The van der Waals surface area contributed by atoms with E-state index in [0.717, 1.165) is 33.1 Å². The summed E-state index contributed by atoms with van der Waals surface area (Å²) in [4.78, 5) is 20.1. The van der Waals surface area contributed by atoms with Crippen molar-refractivity contribution in [2.75, 3.05) is 5.75 Å². The van der Waals surface area contributed by atoms with Crippen molar-refractivity contribution in [2.45, 2.75) is 5.16 Å². The van der Waals surface area contributed by atoms with E-state index in [0.29, 0.717) is 5.75 Å². The Bertz CT molecular complexity index is 1020. The Balaban J connectivity index is 1.39. The Labute approximate surface area is 162 Å². The summed E-state index contributed by atoms with van der Waals surface area (Å²) in [5.74, 6) is 0.448. The van der Waals surface area contributed by atoms with E-state index in [1.54, 1.807) is 6.20 Å². The van der Waals surface area contributed by atoms with Gasteiger partial charge in [-0.1, -0.05) is 96.7 Å². The van der Waals surface area contributed by atoms with Gasteiger partial charge in [-0.3, -0.25) is 4.79 Å². The first-order chi connectivity index (χ1) is 13.3. The van der Waals surface area contributed by atoms with Gasteiger partial charge in [0, 0.05) is 5.56 Å². The fourth-order valence-electron chi connectivity index (χ4n) is 2.84. The van der Waals surface area contributed by atoms with Gasteiger partial charge in [0.25, 0.3) is 0 Å². The highest BCUT2D eigenvalue weighted by molar-refractivity contribution is 7.99. The van der Waals surface area contributed by atoms with Crippen molar-refractivity contribution in [3.8, 4) is 22.4 Å². The third kappa shape index (κ3) is 4.18. The maximum Gasteiger partial charge on any atom is 0.173 e. The minimum Gasteiger partial charge on any atom is -0.333 e. The highest BCUT2D eigenvalue weighted by Gasteiger charge is 2.10. The van der Waals surface area contributed by atoms with Gasteiger partial charge in [0.1, 0.15) is 0 Å². The number of nitrogens with zero attached hydrogens (tertiary/aromatic N) is 1. The quantitative estimate of drug-likeness (QED) is 0.349. The molecule has 4 rings (SSSR count).